The van der Waals surface area contributed by atoms with Crippen LogP contribution in [0, 0.1) is 0 Å². The standard InChI is InChI=1S/C12H16N2O5/c13-12(17)10-7-9(8-14-19-6-4-16)1-2-11(10)18-5-3-15/h1-2,7-8,15-16H,3-6H2,(H2,13,17). The Morgan fingerprint density at radius 3 is 2.68 bits per heavy atom. The quantitative estimate of drug-likeness (QED) is 0.334. The van der Waals surface area contributed by atoms with Crippen molar-refractivity contribution in [1.29, 1.82) is 0 Å². The Kier molecular flexibility index (Phi) is 6.34. The fourth-order valence-corrected chi connectivity index (χ4v) is 1.29. The molecule has 7 heteroatoms. The first-order valence-electron chi connectivity index (χ1n) is 5.62. The zero-order valence-corrected chi connectivity index (χ0v) is 10.3. The van der Waals surface area contributed by atoms with E-state index in [2.05, 4.69) is 5.16 Å². The number of ether oxygens (including phenoxy) is 1. The van der Waals surface area contributed by atoms with E-state index in [4.69, 9.17) is 25.5 Å². The van der Waals surface area contributed by atoms with E-state index in [1.807, 2.05) is 0 Å². The largest absolute Gasteiger partial charge is 0.490 e. The zero-order valence-electron chi connectivity index (χ0n) is 10.3. The summed E-state index contributed by atoms with van der Waals surface area (Å²) in [6.07, 6.45) is 1.39. The van der Waals surface area contributed by atoms with E-state index < -0.39 is 5.91 Å². The molecule has 0 aromatic heterocycles. The van der Waals surface area contributed by atoms with Gasteiger partial charge in [0.2, 0.25) is 0 Å². The van der Waals surface area contributed by atoms with Gasteiger partial charge in [0.25, 0.3) is 5.91 Å². The number of nitrogens with zero attached hydrogens (tertiary/aromatic N) is 1. The van der Waals surface area contributed by atoms with Crippen LogP contribution in [0.25, 0.3) is 0 Å². The van der Waals surface area contributed by atoms with E-state index in [-0.39, 0.29) is 32.0 Å². The van der Waals surface area contributed by atoms with Crippen LogP contribution in [0.3, 0.4) is 0 Å². The van der Waals surface area contributed by atoms with E-state index in [1.54, 1.807) is 12.1 Å². The van der Waals surface area contributed by atoms with E-state index in [0.717, 1.165) is 0 Å². The van der Waals surface area contributed by atoms with Gasteiger partial charge in [-0.1, -0.05) is 5.16 Å². The van der Waals surface area contributed by atoms with Crippen molar-refractivity contribution in [2.45, 2.75) is 0 Å². The molecule has 7 nitrogen and oxygen atoms in total. The van der Waals surface area contributed by atoms with Crippen molar-refractivity contribution >= 4 is 12.1 Å². The van der Waals surface area contributed by atoms with Gasteiger partial charge in [-0.25, -0.2) is 0 Å². The first-order valence-corrected chi connectivity index (χ1v) is 5.62. The van der Waals surface area contributed by atoms with Gasteiger partial charge in [0, 0.05) is 0 Å². The van der Waals surface area contributed by atoms with Crippen LogP contribution < -0.4 is 10.5 Å². The molecular weight excluding hydrogens is 252 g/mol. The summed E-state index contributed by atoms with van der Waals surface area (Å²) in [4.78, 5) is 16.0. The molecule has 0 aliphatic heterocycles. The third kappa shape index (κ3) is 4.94. The van der Waals surface area contributed by atoms with Gasteiger partial charge in [0.1, 0.15) is 19.0 Å². The highest BCUT2D eigenvalue weighted by atomic mass is 16.6. The second-order valence-electron chi connectivity index (χ2n) is 3.48. The second-order valence-corrected chi connectivity index (χ2v) is 3.48. The van der Waals surface area contributed by atoms with Crippen molar-refractivity contribution in [3.63, 3.8) is 0 Å². The van der Waals surface area contributed by atoms with Gasteiger partial charge in [0.05, 0.1) is 25.0 Å². The van der Waals surface area contributed by atoms with Crippen LogP contribution in [-0.4, -0.2) is 48.8 Å². The number of primary amides is 1. The molecule has 1 amide bonds. The Morgan fingerprint density at radius 1 is 1.32 bits per heavy atom. The molecule has 19 heavy (non-hydrogen) atoms. The lowest BCUT2D eigenvalue weighted by atomic mass is 10.1. The number of nitrogens with two attached hydrogens (primary N) is 1. The first-order chi connectivity index (χ1) is 9.19. The molecule has 0 saturated carbocycles. The Labute approximate surface area is 110 Å². The van der Waals surface area contributed by atoms with Crippen LogP contribution in [-0.2, 0) is 4.84 Å². The second kappa shape index (κ2) is 8.06. The topological polar surface area (TPSA) is 114 Å². The highest BCUT2D eigenvalue weighted by Gasteiger charge is 2.10. The molecule has 0 saturated heterocycles. The fraction of sp³-hybridized carbons (Fsp3) is 0.333. The summed E-state index contributed by atoms with van der Waals surface area (Å²) in [5.41, 5.74) is 6.04. The third-order valence-electron chi connectivity index (χ3n) is 2.08. The minimum absolute atomic E-state index is 0.0767. The normalized spacial score (nSPS) is 10.6. The summed E-state index contributed by atoms with van der Waals surface area (Å²) < 4.78 is 5.19. The number of hydrogen-bond acceptors (Lipinski definition) is 6. The van der Waals surface area contributed by atoms with Crippen molar-refractivity contribution in [1.82, 2.24) is 0 Å². The molecule has 1 aromatic carbocycles. The molecular formula is C12H16N2O5. The van der Waals surface area contributed by atoms with Gasteiger partial charge in [0.15, 0.2) is 0 Å². The van der Waals surface area contributed by atoms with Gasteiger partial charge in [-0.05, 0) is 23.8 Å². The van der Waals surface area contributed by atoms with Crippen LogP contribution in [0.5, 0.6) is 5.75 Å². The van der Waals surface area contributed by atoms with Gasteiger partial charge in [-0.2, -0.15) is 0 Å². The van der Waals surface area contributed by atoms with Gasteiger partial charge < -0.3 is 25.5 Å². The molecule has 0 heterocycles. The lowest BCUT2D eigenvalue weighted by Gasteiger charge is -2.08. The minimum Gasteiger partial charge on any atom is -0.490 e. The van der Waals surface area contributed by atoms with Gasteiger partial charge in [-0.3, -0.25) is 4.79 Å². The Balaban J connectivity index is 2.83. The molecule has 1 rings (SSSR count). The molecule has 0 radical (unpaired) electrons. The number of amides is 1. The molecule has 0 aliphatic carbocycles. The summed E-state index contributed by atoms with van der Waals surface area (Å²) >= 11 is 0. The van der Waals surface area contributed by atoms with Crippen LogP contribution in [0.15, 0.2) is 23.4 Å². The van der Waals surface area contributed by atoms with Gasteiger partial charge >= 0.3 is 0 Å². The van der Waals surface area contributed by atoms with E-state index in [9.17, 15) is 4.79 Å². The molecule has 1 aromatic rings. The Hall–Kier alpha value is -2.12. The van der Waals surface area contributed by atoms with E-state index in [0.29, 0.717) is 11.3 Å². The Morgan fingerprint density at radius 2 is 2.05 bits per heavy atom. The third-order valence-corrected chi connectivity index (χ3v) is 2.08. The number of aliphatic hydroxyl groups is 2. The van der Waals surface area contributed by atoms with Crippen molar-refractivity contribution in [2.75, 3.05) is 26.4 Å². The number of rotatable bonds is 8. The smallest absolute Gasteiger partial charge is 0.252 e. The molecule has 0 unspecified atom stereocenters. The summed E-state index contributed by atoms with van der Waals surface area (Å²) in [5, 5.41) is 20.8. The van der Waals surface area contributed by atoms with E-state index in [1.165, 1.54) is 12.3 Å². The maximum atomic E-state index is 11.3. The number of carbonyl (C=O) groups excluding carboxylic acids is 1. The predicted molar refractivity (Wildman–Crippen MR) is 68.2 cm³/mol. The molecule has 0 bridgehead atoms. The maximum Gasteiger partial charge on any atom is 0.252 e. The summed E-state index contributed by atoms with van der Waals surface area (Å²) in [7, 11) is 0. The monoisotopic (exact) mass is 268 g/mol. The SMILES string of the molecule is NC(=O)c1cc(C=NOCCO)ccc1OCCO. The number of oxime groups is 1. The number of aliphatic hydroxyl groups excluding tert-OH is 2. The van der Waals surface area contributed by atoms with Crippen LogP contribution in [0.2, 0.25) is 0 Å². The van der Waals surface area contributed by atoms with Gasteiger partial charge in [-0.15, -0.1) is 0 Å². The van der Waals surface area contributed by atoms with E-state index >= 15 is 0 Å². The molecule has 4 N–H and O–H groups in total. The number of hydrogen-bond donors (Lipinski definition) is 3. The molecule has 0 aliphatic rings. The van der Waals surface area contributed by atoms with Crippen molar-refractivity contribution in [3.05, 3.63) is 29.3 Å². The van der Waals surface area contributed by atoms with Crippen molar-refractivity contribution in [3.8, 4) is 5.75 Å². The summed E-state index contributed by atoms with van der Waals surface area (Å²) in [6.45, 7) is -0.113. The molecule has 0 spiro atoms. The number of carbonyl (C=O) groups is 1. The average Bonchev–Trinajstić information content (AvgIpc) is 2.41. The van der Waals surface area contributed by atoms with Crippen molar-refractivity contribution in [2.24, 2.45) is 10.9 Å². The predicted octanol–water partition coefficient (Wildman–Crippen LogP) is -0.501. The average molecular weight is 268 g/mol. The lowest BCUT2D eigenvalue weighted by molar-refractivity contribution is 0.0994. The summed E-state index contributed by atoms with van der Waals surface area (Å²) in [5.74, 6) is -0.338. The molecule has 104 valence electrons. The highest BCUT2D eigenvalue weighted by molar-refractivity contribution is 5.97. The summed E-state index contributed by atoms with van der Waals surface area (Å²) in [6, 6.07) is 4.72. The highest BCUT2D eigenvalue weighted by Crippen LogP contribution is 2.19. The maximum absolute atomic E-state index is 11.3. The van der Waals surface area contributed by atoms with Crippen LogP contribution >= 0.6 is 0 Å². The van der Waals surface area contributed by atoms with Crippen molar-refractivity contribution < 1.29 is 24.6 Å². The Bertz CT molecular complexity index is 448. The lowest BCUT2D eigenvalue weighted by Crippen LogP contribution is -2.14. The fourth-order valence-electron chi connectivity index (χ4n) is 1.29. The van der Waals surface area contributed by atoms with Crippen LogP contribution in [0.1, 0.15) is 15.9 Å². The first kappa shape index (κ1) is 14.9. The molecule has 0 atom stereocenters. The molecule has 0 fully saturated rings. The number of benzene rings is 1. The zero-order chi connectivity index (χ0) is 14.1. The van der Waals surface area contributed by atoms with Crippen LogP contribution in [0.4, 0.5) is 0 Å². The minimum atomic E-state index is -0.639.